The molecule has 1 aliphatic heterocycles. The first-order valence-electron chi connectivity index (χ1n) is 9.06. The van der Waals surface area contributed by atoms with Gasteiger partial charge in [0.15, 0.2) is 0 Å². The van der Waals surface area contributed by atoms with Crippen LogP contribution in [0.15, 0.2) is 48.5 Å². The maximum absolute atomic E-state index is 13.4. The van der Waals surface area contributed by atoms with Gasteiger partial charge in [-0.15, -0.1) is 0 Å². The Labute approximate surface area is 152 Å². The summed E-state index contributed by atoms with van der Waals surface area (Å²) in [7, 11) is 0. The molecule has 1 aliphatic carbocycles. The minimum absolute atomic E-state index is 0.00534. The Hall–Kier alpha value is -2.69. The molecule has 1 fully saturated rings. The fourth-order valence-electron chi connectivity index (χ4n) is 3.97. The van der Waals surface area contributed by atoms with Gasteiger partial charge in [0, 0.05) is 18.7 Å². The van der Waals surface area contributed by atoms with E-state index in [4.69, 9.17) is 0 Å². The molecule has 1 N–H and O–H groups in total. The molecule has 0 spiro atoms. The van der Waals surface area contributed by atoms with E-state index in [1.54, 1.807) is 12.1 Å². The Bertz CT molecular complexity index is 851. The van der Waals surface area contributed by atoms with E-state index in [2.05, 4.69) is 17.4 Å². The van der Waals surface area contributed by atoms with E-state index in [9.17, 15) is 14.0 Å². The Morgan fingerprint density at radius 3 is 2.85 bits per heavy atom. The Balaban J connectivity index is 1.46. The smallest absolute Gasteiger partial charge is 0.227 e. The van der Waals surface area contributed by atoms with Crippen LogP contribution in [0.3, 0.4) is 0 Å². The molecule has 4 nitrogen and oxygen atoms in total. The van der Waals surface area contributed by atoms with Gasteiger partial charge in [-0.25, -0.2) is 4.39 Å². The van der Waals surface area contributed by atoms with Gasteiger partial charge in [-0.2, -0.15) is 0 Å². The molecule has 4 rings (SSSR count). The summed E-state index contributed by atoms with van der Waals surface area (Å²) in [5.74, 6) is -1.03. The summed E-state index contributed by atoms with van der Waals surface area (Å²) in [6, 6.07) is 14.1. The van der Waals surface area contributed by atoms with Gasteiger partial charge in [-0.3, -0.25) is 9.59 Å². The van der Waals surface area contributed by atoms with E-state index >= 15 is 0 Å². The van der Waals surface area contributed by atoms with Crippen molar-refractivity contribution in [3.63, 3.8) is 0 Å². The first-order valence-corrected chi connectivity index (χ1v) is 9.06. The lowest BCUT2D eigenvalue weighted by molar-refractivity contribution is -0.127. The topological polar surface area (TPSA) is 49.4 Å². The number of aryl methyl sites for hydroxylation is 1. The highest BCUT2D eigenvalue weighted by Crippen LogP contribution is 2.31. The molecule has 0 radical (unpaired) electrons. The van der Waals surface area contributed by atoms with Crippen LogP contribution in [0, 0.1) is 11.7 Å². The van der Waals surface area contributed by atoms with Gasteiger partial charge in [0.1, 0.15) is 5.82 Å². The van der Waals surface area contributed by atoms with Crippen LogP contribution < -0.4 is 10.2 Å². The SMILES string of the molecule is O=C(N[C@@H]1CCCc2ccccc21)[C@@H]1CC(=O)N(c2cccc(F)c2)C1. The Kier molecular flexibility index (Phi) is 4.45. The lowest BCUT2D eigenvalue weighted by Gasteiger charge is -2.27. The van der Waals surface area contributed by atoms with Gasteiger partial charge in [0.2, 0.25) is 11.8 Å². The number of rotatable bonds is 3. The number of anilines is 1. The summed E-state index contributed by atoms with van der Waals surface area (Å²) in [4.78, 5) is 26.6. The Morgan fingerprint density at radius 1 is 1.15 bits per heavy atom. The summed E-state index contributed by atoms with van der Waals surface area (Å²) in [5.41, 5.74) is 2.97. The van der Waals surface area contributed by atoms with Crippen LogP contribution in [0.4, 0.5) is 10.1 Å². The van der Waals surface area contributed by atoms with E-state index in [1.807, 2.05) is 12.1 Å². The number of nitrogens with zero attached hydrogens (tertiary/aromatic N) is 1. The summed E-state index contributed by atoms with van der Waals surface area (Å²) >= 11 is 0. The fourth-order valence-corrected chi connectivity index (χ4v) is 3.97. The summed E-state index contributed by atoms with van der Waals surface area (Å²) in [6.07, 6.45) is 3.16. The van der Waals surface area contributed by atoms with Crippen molar-refractivity contribution in [2.24, 2.45) is 5.92 Å². The molecule has 0 bridgehead atoms. The van der Waals surface area contributed by atoms with E-state index < -0.39 is 5.92 Å². The minimum Gasteiger partial charge on any atom is -0.349 e. The second kappa shape index (κ2) is 6.90. The molecule has 0 unspecified atom stereocenters. The highest BCUT2D eigenvalue weighted by atomic mass is 19.1. The molecular formula is C21H21FN2O2. The van der Waals surface area contributed by atoms with Gasteiger partial charge < -0.3 is 10.2 Å². The number of carbonyl (C=O) groups is 2. The van der Waals surface area contributed by atoms with E-state index in [0.29, 0.717) is 12.2 Å². The molecular weight excluding hydrogens is 331 g/mol. The molecule has 2 amide bonds. The van der Waals surface area contributed by atoms with Gasteiger partial charge >= 0.3 is 0 Å². The van der Waals surface area contributed by atoms with E-state index in [0.717, 1.165) is 19.3 Å². The van der Waals surface area contributed by atoms with Crippen molar-refractivity contribution < 1.29 is 14.0 Å². The number of hydrogen-bond acceptors (Lipinski definition) is 2. The van der Waals surface area contributed by atoms with Crippen LogP contribution in [0.25, 0.3) is 0 Å². The van der Waals surface area contributed by atoms with Crippen molar-refractivity contribution in [2.75, 3.05) is 11.4 Å². The number of halogens is 1. The number of fused-ring (bicyclic) bond motifs is 1. The molecule has 2 aliphatic rings. The van der Waals surface area contributed by atoms with Crippen molar-refractivity contribution >= 4 is 17.5 Å². The first kappa shape index (κ1) is 16.8. The molecule has 1 saturated heterocycles. The maximum atomic E-state index is 13.4. The molecule has 1 heterocycles. The van der Waals surface area contributed by atoms with Crippen LogP contribution >= 0.6 is 0 Å². The minimum atomic E-state index is -0.403. The summed E-state index contributed by atoms with van der Waals surface area (Å²) in [5, 5.41) is 3.13. The number of hydrogen-bond donors (Lipinski definition) is 1. The van der Waals surface area contributed by atoms with Crippen molar-refractivity contribution in [1.82, 2.24) is 5.32 Å². The zero-order valence-electron chi connectivity index (χ0n) is 14.5. The number of benzene rings is 2. The molecule has 134 valence electrons. The highest BCUT2D eigenvalue weighted by molar-refractivity contribution is 6.00. The average molecular weight is 352 g/mol. The number of carbonyl (C=O) groups excluding carboxylic acids is 2. The van der Waals surface area contributed by atoms with Gasteiger partial charge in [0.25, 0.3) is 0 Å². The van der Waals surface area contributed by atoms with Crippen molar-refractivity contribution in [2.45, 2.75) is 31.7 Å². The Morgan fingerprint density at radius 2 is 2.00 bits per heavy atom. The van der Waals surface area contributed by atoms with Crippen LogP contribution in [0.1, 0.15) is 36.4 Å². The second-order valence-electron chi connectivity index (χ2n) is 7.04. The molecule has 0 aromatic heterocycles. The molecule has 26 heavy (non-hydrogen) atoms. The molecule has 2 aromatic carbocycles. The molecule has 2 atom stereocenters. The van der Waals surface area contributed by atoms with Crippen LogP contribution in [0.2, 0.25) is 0 Å². The van der Waals surface area contributed by atoms with Crippen LogP contribution in [-0.2, 0) is 16.0 Å². The fraction of sp³-hybridized carbons (Fsp3) is 0.333. The third-order valence-corrected chi connectivity index (χ3v) is 5.30. The standard InChI is InChI=1S/C21H21FN2O2/c22-16-7-4-8-17(12-16)24-13-15(11-20(24)25)21(26)23-19-10-3-6-14-5-1-2-9-18(14)19/h1-2,4-5,7-9,12,15,19H,3,6,10-11,13H2,(H,23,26)/t15-,19-/m1/s1. The predicted octanol–water partition coefficient (Wildman–Crippen LogP) is 3.37. The quantitative estimate of drug-likeness (QED) is 0.921. The number of amides is 2. The predicted molar refractivity (Wildman–Crippen MR) is 97.1 cm³/mol. The first-order chi connectivity index (χ1) is 12.6. The van der Waals surface area contributed by atoms with Crippen molar-refractivity contribution in [3.05, 3.63) is 65.5 Å². The van der Waals surface area contributed by atoms with Gasteiger partial charge in [-0.1, -0.05) is 30.3 Å². The van der Waals surface area contributed by atoms with E-state index in [-0.39, 0.29) is 30.1 Å². The number of nitrogens with one attached hydrogen (secondary N) is 1. The van der Waals surface area contributed by atoms with Crippen molar-refractivity contribution in [3.8, 4) is 0 Å². The largest absolute Gasteiger partial charge is 0.349 e. The van der Waals surface area contributed by atoms with Crippen LogP contribution in [-0.4, -0.2) is 18.4 Å². The lowest BCUT2D eigenvalue weighted by atomic mass is 9.87. The van der Waals surface area contributed by atoms with Crippen molar-refractivity contribution in [1.29, 1.82) is 0 Å². The zero-order valence-corrected chi connectivity index (χ0v) is 14.5. The zero-order chi connectivity index (χ0) is 18.1. The van der Waals surface area contributed by atoms with E-state index in [1.165, 1.54) is 28.2 Å². The summed E-state index contributed by atoms with van der Waals surface area (Å²) in [6.45, 7) is 0.294. The lowest BCUT2D eigenvalue weighted by Crippen LogP contribution is -2.36. The normalized spacial score (nSPS) is 22.2. The monoisotopic (exact) mass is 352 g/mol. The highest BCUT2D eigenvalue weighted by Gasteiger charge is 2.36. The molecule has 0 saturated carbocycles. The maximum Gasteiger partial charge on any atom is 0.227 e. The summed E-state index contributed by atoms with van der Waals surface area (Å²) < 4.78 is 13.4. The van der Waals surface area contributed by atoms with Gasteiger partial charge in [-0.05, 0) is 48.6 Å². The van der Waals surface area contributed by atoms with Crippen LogP contribution in [0.5, 0.6) is 0 Å². The second-order valence-corrected chi connectivity index (χ2v) is 7.04. The third kappa shape index (κ3) is 3.21. The molecule has 2 aromatic rings. The third-order valence-electron chi connectivity index (χ3n) is 5.30. The molecule has 5 heteroatoms. The van der Waals surface area contributed by atoms with Gasteiger partial charge in [0.05, 0.1) is 12.0 Å². The average Bonchev–Trinajstić information content (AvgIpc) is 3.04.